The third kappa shape index (κ3) is 20.2. The number of nitrogens with one attached hydrogen (secondary N) is 1. The minimum atomic E-state index is -1.78. The summed E-state index contributed by atoms with van der Waals surface area (Å²) < 4.78 is 22.6. The minimum absolute atomic E-state index is 0.245. The molecule has 9 N–H and O–H groups in total. The maximum Gasteiger partial charge on any atom is 0.220 e. The molecule has 0 bridgehead atoms. The zero-order valence-corrected chi connectivity index (χ0v) is 35.1. The number of ether oxygens (including phenoxy) is 4. The Morgan fingerprint density at radius 2 is 1.09 bits per heavy atom. The molecule has 2 aliphatic rings. The van der Waals surface area contributed by atoms with E-state index in [1.807, 2.05) is 6.08 Å². The molecule has 2 heterocycles. The van der Waals surface area contributed by atoms with Crippen LogP contribution in [0.5, 0.6) is 0 Å². The summed E-state index contributed by atoms with van der Waals surface area (Å²) in [5.41, 5.74) is 0. The second kappa shape index (κ2) is 31.6. The molecule has 0 radical (unpaired) electrons. The highest BCUT2D eigenvalue weighted by Crippen LogP contribution is 2.30. The molecular weight excluding hydrogens is 738 g/mol. The molecule has 0 aromatic rings. The standard InChI is InChI=1S/C43H81NO13/c1-3-5-7-9-11-13-14-15-16-17-18-19-20-22-24-26-32(47)31(44-35(48)27-25-23-21-12-10-8-6-4-2)30-54-42-40(53)38(51)41(34(29-46)56-42)57-43-39(52)37(50)36(49)33(28-45)55-43/h24,26,31-34,36-43,45-47,49-53H,3-23,25,27-30H2,1-2H3,(H,44,48)/b26-24+. The molecule has 57 heavy (non-hydrogen) atoms. The Labute approximate surface area is 342 Å². The molecule has 0 aliphatic carbocycles. The molecule has 1 amide bonds. The van der Waals surface area contributed by atoms with Gasteiger partial charge in [0.2, 0.25) is 5.91 Å². The third-order valence-corrected chi connectivity index (χ3v) is 11.2. The predicted octanol–water partition coefficient (Wildman–Crippen LogP) is 4.04. The second-order valence-corrected chi connectivity index (χ2v) is 16.2. The summed E-state index contributed by atoms with van der Waals surface area (Å²) in [6.07, 6.45) is 12.8. The average molecular weight is 820 g/mol. The Kier molecular flexibility index (Phi) is 28.7. The van der Waals surface area contributed by atoms with Crippen molar-refractivity contribution in [3.8, 4) is 0 Å². The van der Waals surface area contributed by atoms with E-state index < -0.39 is 86.8 Å². The fraction of sp³-hybridized carbons (Fsp3) is 0.930. The number of rotatable bonds is 33. The van der Waals surface area contributed by atoms with Gasteiger partial charge in [-0.1, -0.05) is 148 Å². The lowest BCUT2D eigenvalue weighted by molar-refractivity contribution is -0.359. The molecule has 0 saturated carbocycles. The van der Waals surface area contributed by atoms with Crippen molar-refractivity contribution < 1.29 is 64.6 Å². The van der Waals surface area contributed by atoms with E-state index in [4.69, 9.17) is 18.9 Å². The maximum absolute atomic E-state index is 13.0. The number of hydrogen-bond donors (Lipinski definition) is 9. The van der Waals surface area contributed by atoms with Gasteiger partial charge in [0.05, 0.1) is 32.0 Å². The molecule has 0 aromatic carbocycles. The molecule has 0 aromatic heterocycles. The normalized spacial score (nSPS) is 29.2. The van der Waals surface area contributed by atoms with Crippen molar-refractivity contribution in [3.63, 3.8) is 0 Å². The lowest BCUT2D eigenvalue weighted by Gasteiger charge is -2.46. The van der Waals surface area contributed by atoms with Crippen LogP contribution in [0.1, 0.15) is 162 Å². The number of aliphatic hydroxyl groups is 8. The first kappa shape index (κ1) is 51.9. The van der Waals surface area contributed by atoms with Crippen LogP contribution in [0, 0.1) is 0 Å². The van der Waals surface area contributed by atoms with Crippen molar-refractivity contribution >= 4 is 5.91 Å². The molecule has 12 atom stereocenters. The maximum atomic E-state index is 13.0. The summed E-state index contributed by atoms with van der Waals surface area (Å²) in [7, 11) is 0. The lowest BCUT2D eigenvalue weighted by Crippen LogP contribution is -2.65. The minimum Gasteiger partial charge on any atom is -0.394 e. The van der Waals surface area contributed by atoms with Gasteiger partial charge in [0.15, 0.2) is 12.6 Å². The van der Waals surface area contributed by atoms with Crippen LogP contribution in [0.25, 0.3) is 0 Å². The summed E-state index contributed by atoms with van der Waals surface area (Å²) in [5.74, 6) is -0.245. The van der Waals surface area contributed by atoms with E-state index in [9.17, 15) is 45.6 Å². The SMILES string of the molecule is CCCCCCCCCCCCCCC/C=C/C(O)C(COC1OC(CO)C(OC2OC(CO)C(O)C(O)C2O)C(O)C1O)NC(=O)CCCCCCCCCC. The van der Waals surface area contributed by atoms with Gasteiger partial charge in [-0.25, -0.2) is 0 Å². The Hall–Kier alpha value is -1.27. The fourth-order valence-corrected chi connectivity index (χ4v) is 7.47. The summed E-state index contributed by atoms with van der Waals surface area (Å²) in [6, 6.07) is -0.905. The van der Waals surface area contributed by atoms with E-state index >= 15 is 0 Å². The van der Waals surface area contributed by atoms with Crippen molar-refractivity contribution in [2.75, 3.05) is 19.8 Å². The number of allylic oxidation sites excluding steroid dienone is 1. The lowest BCUT2D eigenvalue weighted by atomic mass is 9.97. The number of hydrogen-bond acceptors (Lipinski definition) is 13. The van der Waals surface area contributed by atoms with E-state index in [0.29, 0.717) is 6.42 Å². The van der Waals surface area contributed by atoms with Gasteiger partial charge in [-0.15, -0.1) is 0 Å². The van der Waals surface area contributed by atoms with Gasteiger partial charge in [-0.05, 0) is 19.3 Å². The highest BCUT2D eigenvalue weighted by Gasteiger charge is 2.50. The first-order valence-electron chi connectivity index (χ1n) is 22.4. The van der Waals surface area contributed by atoms with E-state index in [-0.39, 0.29) is 18.9 Å². The molecule has 14 nitrogen and oxygen atoms in total. The first-order chi connectivity index (χ1) is 27.6. The van der Waals surface area contributed by atoms with Crippen molar-refractivity contribution in [1.82, 2.24) is 5.32 Å². The third-order valence-electron chi connectivity index (χ3n) is 11.2. The number of unbranched alkanes of at least 4 members (excludes halogenated alkanes) is 20. The van der Waals surface area contributed by atoms with Crippen LogP contribution in [-0.2, 0) is 23.7 Å². The van der Waals surface area contributed by atoms with Crippen molar-refractivity contribution in [3.05, 3.63) is 12.2 Å². The van der Waals surface area contributed by atoms with Gasteiger partial charge >= 0.3 is 0 Å². The van der Waals surface area contributed by atoms with Gasteiger partial charge in [-0.2, -0.15) is 0 Å². The molecule has 12 unspecified atom stereocenters. The van der Waals surface area contributed by atoms with Gasteiger partial charge < -0.3 is 65.1 Å². The van der Waals surface area contributed by atoms with Crippen LogP contribution in [0.15, 0.2) is 12.2 Å². The van der Waals surface area contributed by atoms with E-state index in [0.717, 1.165) is 38.5 Å². The summed E-state index contributed by atoms with van der Waals surface area (Å²) in [6.45, 7) is 2.72. The molecule has 0 spiro atoms. The number of carbonyl (C=O) groups is 1. The van der Waals surface area contributed by atoms with Crippen LogP contribution < -0.4 is 5.32 Å². The zero-order valence-electron chi connectivity index (χ0n) is 35.1. The van der Waals surface area contributed by atoms with Crippen LogP contribution >= 0.6 is 0 Å². The topological polar surface area (TPSA) is 228 Å². The molecule has 2 aliphatic heterocycles. The molecule has 2 fully saturated rings. The van der Waals surface area contributed by atoms with E-state index in [1.54, 1.807) is 6.08 Å². The van der Waals surface area contributed by atoms with Gasteiger partial charge in [0.1, 0.15) is 48.8 Å². The first-order valence-corrected chi connectivity index (χ1v) is 22.4. The van der Waals surface area contributed by atoms with Crippen molar-refractivity contribution in [2.24, 2.45) is 0 Å². The van der Waals surface area contributed by atoms with Crippen molar-refractivity contribution in [2.45, 2.75) is 235 Å². The Morgan fingerprint density at radius 3 is 1.61 bits per heavy atom. The van der Waals surface area contributed by atoms with Crippen LogP contribution in [0.3, 0.4) is 0 Å². The van der Waals surface area contributed by atoms with Crippen molar-refractivity contribution in [1.29, 1.82) is 0 Å². The van der Waals surface area contributed by atoms with Crippen LogP contribution in [0.4, 0.5) is 0 Å². The van der Waals surface area contributed by atoms with E-state index in [2.05, 4.69) is 19.2 Å². The zero-order chi connectivity index (χ0) is 41.8. The van der Waals surface area contributed by atoms with Gasteiger partial charge in [0.25, 0.3) is 0 Å². The predicted molar refractivity (Wildman–Crippen MR) is 217 cm³/mol. The van der Waals surface area contributed by atoms with Gasteiger partial charge in [0, 0.05) is 6.42 Å². The highest BCUT2D eigenvalue weighted by atomic mass is 16.7. The molecule has 14 heteroatoms. The second-order valence-electron chi connectivity index (χ2n) is 16.2. The summed E-state index contributed by atoms with van der Waals surface area (Å²) >= 11 is 0. The molecular formula is C43H81NO13. The molecule has 336 valence electrons. The highest BCUT2D eigenvalue weighted by molar-refractivity contribution is 5.76. The number of carbonyl (C=O) groups excluding carboxylic acids is 1. The monoisotopic (exact) mass is 820 g/mol. The van der Waals surface area contributed by atoms with Crippen LogP contribution in [-0.4, -0.2) is 140 Å². The molecule has 2 rings (SSSR count). The van der Waals surface area contributed by atoms with E-state index in [1.165, 1.54) is 96.3 Å². The summed E-state index contributed by atoms with van der Waals surface area (Å²) in [4.78, 5) is 13.0. The quantitative estimate of drug-likeness (QED) is 0.0337. The molecule has 2 saturated heterocycles. The Balaban J connectivity index is 1.90. The fourth-order valence-electron chi connectivity index (χ4n) is 7.47. The Morgan fingerprint density at radius 1 is 0.614 bits per heavy atom. The average Bonchev–Trinajstić information content (AvgIpc) is 3.21. The van der Waals surface area contributed by atoms with Crippen LogP contribution in [0.2, 0.25) is 0 Å². The number of amides is 1. The largest absolute Gasteiger partial charge is 0.394 e. The van der Waals surface area contributed by atoms with Gasteiger partial charge in [-0.3, -0.25) is 4.79 Å². The number of aliphatic hydroxyl groups excluding tert-OH is 8. The summed E-state index contributed by atoms with van der Waals surface area (Å²) in [5, 5.41) is 86.3. The smallest absolute Gasteiger partial charge is 0.220 e. The Bertz CT molecular complexity index is 1020.